The summed E-state index contributed by atoms with van der Waals surface area (Å²) in [4.78, 5) is 0. The van der Waals surface area contributed by atoms with Crippen LogP contribution < -0.4 is 4.74 Å². The molecule has 38 heavy (non-hydrogen) atoms. The first kappa shape index (κ1) is 28.4. The molecule has 0 N–H and O–H groups in total. The number of ether oxygens (including phenoxy) is 1. The molecule has 0 fully saturated rings. The van der Waals surface area contributed by atoms with Gasteiger partial charge in [0.2, 0.25) is 0 Å². The van der Waals surface area contributed by atoms with Crippen molar-refractivity contribution in [1.29, 1.82) is 0 Å². The molecule has 0 saturated carbocycles. The summed E-state index contributed by atoms with van der Waals surface area (Å²) < 4.78 is 6.26. The van der Waals surface area contributed by atoms with Gasteiger partial charge < -0.3 is 4.74 Å². The van der Waals surface area contributed by atoms with Crippen LogP contribution in [0.1, 0.15) is 94.3 Å². The Balaban J connectivity index is 1.93. The van der Waals surface area contributed by atoms with E-state index in [1.165, 1.54) is 45.5 Å². The zero-order chi connectivity index (χ0) is 27.9. The van der Waals surface area contributed by atoms with Gasteiger partial charge in [-0.3, -0.25) is 0 Å². The lowest BCUT2D eigenvalue weighted by Gasteiger charge is -2.38. The maximum absolute atomic E-state index is 6.26. The molecule has 0 saturated heterocycles. The Bertz CT molecular complexity index is 1250. The Morgan fingerprint density at radius 3 is 1.79 bits per heavy atom. The molecule has 1 aliphatic carbocycles. The average molecular weight is 525 g/mol. The van der Waals surface area contributed by atoms with E-state index in [2.05, 4.69) is 123 Å². The van der Waals surface area contributed by atoms with Crippen molar-refractivity contribution in [2.75, 3.05) is 6.61 Å². The molecule has 0 unspecified atom stereocenters. The van der Waals surface area contributed by atoms with Gasteiger partial charge in [-0.15, -0.1) is 0 Å². The highest BCUT2D eigenvalue weighted by molar-refractivity contribution is 6.81. The quantitative estimate of drug-likeness (QED) is 0.210. The lowest BCUT2D eigenvalue weighted by Crippen LogP contribution is -2.43. The van der Waals surface area contributed by atoms with Gasteiger partial charge in [0.05, 0.1) is 8.07 Å². The third-order valence-electron chi connectivity index (χ3n) is 8.95. The second-order valence-electron chi connectivity index (χ2n) is 13.4. The summed E-state index contributed by atoms with van der Waals surface area (Å²) in [6.07, 6.45) is 1.85. The molecule has 0 radical (unpaired) electrons. The van der Waals surface area contributed by atoms with Crippen molar-refractivity contribution in [3.05, 3.63) is 101 Å². The first-order chi connectivity index (χ1) is 17.9. The van der Waals surface area contributed by atoms with Crippen molar-refractivity contribution < 1.29 is 4.74 Å². The van der Waals surface area contributed by atoms with Crippen molar-refractivity contribution in [2.45, 2.75) is 96.8 Å². The van der Waals surface area contributed by atoms with Crippen LogP contribution in [0.5, 0.6) is 5.75 Å². The Morgan fingerprint density at radius 2 is 1.34 bits per heavy atom. The van der Waals surface area contributed by atoms with Crippen molar-refractivity contribution >= 4 is 8.07 Å². The number of benzene rings is 3. The summed E-state index contributed by atoms with van der Waals surface area (Å²) in [5, 5.41) is 0. The highest BCUT2D eigenvalue weighted by Crippen LogP contribution is 2.53. The number of rotatable bonds is 8. The highest BCUT2D eigenvalue weighted by atomic mass is 28.3. The van der Waals surface area contributed by atoms with Crippen LogP contribution in [0.3, 0.4) is 0 Å². The molecule has 0 heterocycles. The van der Waals surface area contributed by atoms with Gasteiger partial charge in [-0.05, 0) is 68.3 Å². The predicted octanol–water partition coefficient (Wildman–Crippen LogP) is 10.1. The van der Waals surface area contributed by atoms with E-state index in [0.29, 0.717) is 12.1 Å². The summed E-state index contributed by atoms with van der Waals surface area (Å²) in [5.74, 6) is 1.07. The van der Waals surface area contributed by atoms with Crippen LogP contribution in [0.15, 0.2) is 67.3 Å². The fraction of sp³-hybridized carbons (Fsp3) is 0.444. The van der Waals surface area contributed by atoms with Gasteiger partial charge in [0.25, 0.3) is 0 Å². The van der Waals surface area contributed by atoms with E-state index in [9.17, 15) is 0 Å². The number of hydrogen-bond donors (Lipinski definition) is 0. The fourth-order valence-electron chi connectivity index (χ4n) is 6.43. The number of hydrogen-bond acceptors (Lipinski definition) is 1. The molecule has 3 aromatic rings. The van der Waals surface area contributed by atoms with E-state index >= 15 is 0 Å². The Morgan fingerprint density at radius 1 is 0.816 bits per heavy atom. The molecule has 1 nitrogen and oxygen atoms in total. The summed E-state index contributed by atoms with van der Waals surface area (Å²) in [7, 11) is -1.88. The smallest absolute Gasteiger partial charge is 0.125 e. The van der Waals surface area contributed by atoms with E-state index in [1.54, 1.807) is 11.1 Å². The predicted molar refractivity (Wildman–Crippen MR) is 168 cm³/mol. The van der Waals surface area contributed by atoms with E-state index < -0.39 is 8.07 Å². The SMILES string of the molecule is C=CCOc1c(C)cccc1C[Si](CC)(CC)C1c2ccc(C(C)(C)C)cc2-c2cc(C(C)(C)C)ccc21. The largest absolute Gasteiger partial charge is 0.489 e. The van der Waals surface area contributed by atoms with Crippen LogP contribution >= 0.6 is 0 Å². The van der Waals surface area contributed by atoms with Crippen molar-refractivity contribution in [2.24, 2.45) is 0 Å². The third-order valence-corrected chi connectivity index (χ3v) is 14.7. The first-order valence-electron chi connectivity index (χ1n) is 14.5. The lowest BCUT2D eigenvalue weighted by molar-refractivity contribution is 0.357. The van der Waals surface area contributed by atoms with Crippen molar-refractivity contribution in [3.8, 4) is 16.9 Å². The Kier molecular flexibility index (Phi) is 7.88. The maximum Gasteiger partial charge on any atom is 0.125 e. The highest BCUT2D eigenvalue weighted by Gasteiger charge is 2.45. The third kappa shape index (κ3) is 5.17. The molecule has 0 aliphatic heterocycles. The van der Waals surface area contributed by atoms with Gasteiger partial charge >= 0.3 is 0 Å². The van der Waals surface area contributed by atoms with Crippen molar-refractivity contribution in [1.82, 2.24) is 0 Å². The molecular formula is C36H48OSi. The van der Waals surface area contributed by atoms with Gasteiger partial charge in [0.15, 0.2) is 0 Å². The normalized spacial score (nSPS) is 13.8. The Labute approximate surface area is 233 Å². The minimum Gasteiger partial charge on any atom is -0.489 e. The van der Waals surface area contributed by atoms with E-state index in [4.69, 9.17) is 4.74 Å². The van der Waals surface area contributed by atoms with Gasteiger partial charge in [0.1, 0.15) is 12.4 Å². The average Bonchev–Trinajstić information content (AvgIpc) is 3.19. The molecule has 0 amide bonds. The zero-order valence-corrected chi connectivity index (χ0v) is 26.3. The molecule has 0 aromatic heterocycles. The molecule has 2 heteroatoms. The van der Waals surface area contributed by atoms with Crippen LogP contribution in [0, 0.1) is 6.92 Å². The molecular weight excluding hydrogens is 476 g/mol. The van der Waals surface area contributed by atoms with Crippen LogP contribution in [0.2, 0.25) is 12.1 Å². The Hall–Kier alpha value is -2.58. The molecule has 3 aromatic carbocycles. The summed E-state index contributed by atoms with van der Waals surface area (Å²) >= 11 is 0. The van der Waals surface area contributed by atoms with Crippen LogP contribution in [-0.4, -0.2) is 14.7 Å². The molecule has 0 atom stereocenters. The lowest BCUT2D eigenvalue weighted by atomic mass is 9.83. The molecule has 4 rings (SSSR count). The van der Waals surface area contributed by atoms with Crippen LogP contribution in [-0.2, 0) is 16.9 Å². The molecule has 202 valence electrons. The zero-order valence-electron chi connectivity index (χ0n) is 25.3. The summed E-state index contributed by atoms with van der Waals surface area (Å²) in [6.45, 7) is 25.5. The van der Waals surface area contributed by atoms with E-state index in [-0.39, 0.29) is 10.8 Å². The second kappa shape index (κ2) is 10.5. The first-order valence-corrected chi connectivity index (χ1v) is 17.2. The minimum absolute atomic E-state index is 0.123. The molecule has 1 aliphatic rings. The topological polar surface area (TPSA) is 9.23 Å². The minimum atomic E-state index is -1.88. The van der Waals surface area contributed by atoms with Crippen molar-refractivity contribution in [3.63, 3.8) is 0 Å². The monoisotopic (exact) mass is 524 g/mol. The summed E-state index contributed by atoms with van der Waals surface area (Å²) in [5.41, 5.74) is 12.2. The molecule has 0 spiro atoms. The number of fused-ring (bicyclic) bond motifs is 3. The van der Waals surface area contributed by atoms with E-state index in [0.717, 1.165) is 11.8 Å². The van der Waals surface area contributed by atoms with Gasteiger partial charge in [-0.25, -0.2) is 0 Å². The number of para-hydroxylation sites is 1. The van der Waals surface area contributed by atoms with Crippen LogP contribution in [0.25, 0.3) is 11.1 Å². The molecule has 0 bridgehead atoms. The van der Waals surface area contributed by atoms with Gasteiger partial charge in [0, 0.05) is 5.54 Å². The fourth-order valence-corrected chi connectivity index (χ4v) is 11.3. The summed E-state index contributed by atoms with van der Waals surface area (Å²) in [6, 6.07) is 25.1. The second-order valence-corrected chi connectivity index (χ2v) is 18.5. The number of aryl methyl sites for hydroxylation is 1. The van der Waals surface area contributed by atoms with E-state index in [1.807, 2.05) is 6.08 Å². The van der Waals surface area contributed by atoms with Gasteiger partial charge in [-0.2, -0.15) is 0 Å². The standard InChI is InChI=1S/C36H48OSi/c1-11-21-37-33-25(4)15-14-16-26(33)24-38(12-2,13-3)34-29-19-17-27(35(5,6)7)22-31(29)32-23-28(36(8,9)10)18-20-30(32)34/h11,14-20,22-23,34H,1,12-13,21,24H2,2-10H3. The van der Waals surface area contributed by atoms with Gasteiger partial charge in [-0.1, -0.05) is 135 Å². The van der Waals surface area contributed by atoms with Crippen LogP contribution in [0.4, 0.5) is 0 Å². The maximum atomic E-state index is 6.26.